The molecule has 2 heterocycles. The summed E-state index contributed by atoms with van der Waals surface area (Å²) in [6.45, 7) is 17.1. The quantitative estimate of drug-likeness (QED) is 0.278. The Kier molecular flexibility index (Phi) is 8.34. The minimum atomic E-state index is -1.87. The number of hydrogen-bond donors (Lipinski definition) is 1. The number of aromatic nitrogens is 2. The van der Waals surface area contributed by atoms with Crippen LogP contribution in [0.4, 0.5) is 5.69 Å². The summed E-state index contributed by atoms with van der Waals surface area (Å²) in [5.74, 6) is -0.859. The lowest BCUT2D eigenvalue weighted by molar-refractivity contribution is 0.0593. The summed E-state index contributed by atoms with van der Waals surface area (Å²) in [7, 11) is -0.565. The van der Waals surface area contributed by atoms with Crippen LogP contribution in [0.15, 0.2) is 42.5 Å². The number of anilines is 1. The lowest BCUT2D eigenvalue weighted by atomic mass is 10.1. The van der Waals surface area contributed by atoms with Gasteiger partial charge in [-0.05, 0) is 73.8 Å². The molecule has 3 rings (SSSR count). The van der Waals surface area contributed by atoms with Crippen LogP contribution in [0, 0.1) is 20.8 Å². The predicted octanol–water partition coefficient (Wildman–Crippen LogP) is 6.63. The van der Waals surface area contributed by atoms with E-state index in [1.807, 2.05) is 38.1 Å². The van der Waals surface area contributed by atoms with Crippen molar-refractivity contribution in [2.45, 2.75) is 66.3 Å². The summed E-state index contributed by atoms with van der Waals surface area (Å²) in [4.78, 5) is 34.1. The summed E-state index contributed by atoms with van der Waals surface area (Å²) in [6, 6.07) is 13.5. The maximum atomic E-state index is 13.3. The van der Waals surface area contributed by atoms with Crippen molar-refractivity contribution in [3.8, 4) is 11.3 Å². The number of carbonyl (C=O) groups excluding carboxylic acids is 2. The molecular formula is C29H37N3O4Si. The lowest BCUT2D eigenvalue weighted by Gasteiger charge is -2.36. The zero-order valence-corrected chi connectivity index (χ0v) is 24.3. The first-order valence-electron chi connectivity index (χ1n) is 12.3. The third-order valence-electron chi connectivity index (χ3n) is 6.97. The molecule has 0 spiro atoms. The molecule has 0 radical (unpaired) electrons. The van der Waals surface area contributed by atoms with Gasteiger partial charge in [0.1, 0.15) is 11.4 Å². The average Bonchev–Trinajstić information content (AvgIpc) is 2.84. The number of carbonyl (C=O) groups is 2. The Morgan fingerprint density at radius 3 is 2.30 bits per heavy atom. The molecule has 0 fully saturated rings. The van der Waals surface area contributed by atoms with Gasteiger partial charge in [0.05, 0.1) is 30.8 Å². The second-order valence-electron chi connectivity index (χ2n) is 10.8. The second kappa shape index (κ2) is 10.9. The van der Waals surface area contributed by atoms with E-state index in [0.29, 0.717) is 34.9 Å². The Hall–Kier alpha value is -3.36. The summed E-state index contributed by atoms with van der Waals surface area (Å²) >= 11 is 0. The highest BCUT2D eigenvalue weighted by molar-refractivity contribution is 6.74. The van der Waals surface area contributed by atoms with Crippen molar-refractivity contribution >= 4 is 25.9 Å². The Labute approximate surface area is 220 Å². The molecule has 1 N–H and O–H groups in total. The molecule has 7 nitrogen and oxygen atoms in total. The third-order valence-corrected chi connectivity index (χ3v) is 11.4. The third kappa shape index (κ3) is 6.50. The van der Waals surface area contributed by atoms with Crippen LogP contribution in [0.5, 0.6) is 0 Å². The molecule has 1 aromatic carbocycles. The number of benzene rings is 1. The van der Waals surface area contributed by atoms with Gasteiger partial charge < -0.3 is 14.5 Å². The van der Waals surface area contributed by atoms with E-state index in [1.54, 1.807) is 13.0 Å². The molecule has 0 aliphatic carbocycles. The summed E-state index contributed by atoms with van der Waals surface area (Å²) < 4.78 is 11.1. The normalized spacial score (nSPS) is 11.8. The van der Waals surface area contributed by atoms with Crippen molar-refractivity contribution in [3.05, 3.63) is 76.2 Å². The number of aryl methyl sites for hydroxylation is 3. The molecule has 0 bridgehead atoms. The van der Waals surface area contributed by atoms with Gasteiger partial charge in [0.2, 0.25) is 0 Å². The van der Waals surface area contributed by atoms with Crippen LogP contribution in [0.3, 0.4) is 0 Å². The van der Waals surface area contributed by atoms with Gasteiger partial charge >= 0.3 is 5.97 Å². The largest absolute Gasteiger partial charge is 0.464 e. The minimum Gasteiger partial charge on any atom is -0.464 e. The van der Waals surface area contributed by atoms with Gasteiger partial charge in [0, 0.05) is 5.56 Å². The topological polar surface area (TPSA) is 90.4 Å². The van der Waals surface area contributed by atoms with Crippen LogP contribution < -0.4 is 5.32 Å². The zero-order valence-electron chi connectivity index (χ0n) is 23.3. The highest BCUT2D eigenvalue weighted by atomic mass is 28.4. The molecule has 196 valence electrons. The molecule has 0 saturated carbocycles. The number of pyridine rings is 2. The number of nitrogens with zero attached hydrogens (tertiary/aromatic N) is 2. The highest BCUT2D eigenvalue weighted by Gasteiger charge is 2.37. The highest BCUT2D eigenvalue weighted by Crippen LogP contribution is 2.37. The zero-order chi connectivity index (χ0) is 27.5. The van der Waals surface area contributed by atoms with Gasteiger partial charge in [-0.25, -0.2) is 14.8 Å². The molecule has 1 amide bonds. The number of esters is 1. The van der Waals surface area contributed by atoms with Crippen molar-refractivity contribution < 1.29 is 18.8 Å². The Morgan fingerprint density at radius 2 is 1.68 bits per heavy atom. The van der Waals surface area contributed by atoms with Gasteiger partial charge in [-0.3, -0.25) is 4.79 Å². The fourth-order valence-corrected chi connectivity index (χ4v) is 4.58. The summed E-state index contributed by atoms with van der Waals surface area (Å²) in [5, 5.41) is 3.07. The van der Waals surface area contributed by atoms with Crippen LogP contribution >= 0.6 is 0 Å². The molecule has 3 aromatic rings. The van der Waals surface area contributed by atoms with Crippen LogP contribution in [0.1, 0.15) is 64.1 Å². The van der Waals surface area contributed by atoms with E-state index < -0.39 is 14.3 Å². The number of rotatable bonds is 7. The summed E-state index contributed by atoms with van der Waals surface area (Å²) in [6.07, 6.45) is 0. The van der Waals surface area contributed by atoms with E-state index in [9.17, 15) is 9.59 Å². The maximum absolute atomic E-state index is 13.3. The van der Waals surface area contributed by atoms with Crippen molar-refractivity contribution in [2.75, 3.05) is 12.4 Å². The predicted molar refractivity (Wildman–Crippen MR) is 149 cm³/mol. The van der Waals surface area contributed by atoms with Gasteiger partial charge in [0.25, 0.3) is 5.91 Å². The lowest BCUT2D eigenvalue weighted by Crippen LogP contribution is -2.40. The van der Waals surface area contributed by atoms with E-state index in [-0.39, 0.29) is 16.6 Å². The standard InChI is InChI=1S/C29H37N3O4Si/c1-18-13-14-23(22-12-10-11-21(16-22)17-36-37(8,9)29(4,5)6)31-26(18)27(33)32-25-19(2)15-24(28(34)35-7)30-20(25)3/h10-16H,17H2,1-9H3,(H,32,33). The molecule has 0 atom stereocenters. The second-order valence-corrected chi connectivity index (χ2v) is 15.7. The smallest absolute Gasteiger partial charge is 0.356 e. The number of methoxy groups -OCH3 is 1. The fourth-order valence-electron chi connectivity index (χ4n) is 3.62. The van der Waals surface area contributed by atoms with Crippen molar-refractivity contribution in [1.29, 1.82) is 0 Å². The Bertz CT molecular complexity index is 1310. The van der Waals surface area contributed by atoms with Crippen LogP contribution in [-0.2, 0) is 15.8 Å². The van der Waals surface area contributed by atoms with Crippen molar-refractivity contribution in [3.63, 3.8) is 0 Å². The van der Waals surface area contributed by atoms with Gasteiger partial charge in [0.15, 0.2) is 8.32 Å². The van der Waals surface area contributed by atoms with Gasteiger partial charge in [-0.2, -0.15) is 0 Å². The molecule has 8 heteroatoms. The molecule has 2 aromatic heterocycles. The van der Waals surface area contributed by atoms with E-state index >= 15 is 0 Å². The van der Waals surface area contributed by atoms with Crippen molar-refractivity contribution in [1.82, 2.24) is 9.97 Å². The van der Waals surface area contributed by atoms with Gasteiger partial charge in [-0.15, -0.1) is 0 Å². The molecule has 0 unspecified atom stereocenters. The summed E-state index contributed by atoms with van der Waals surface area (Å²) in [5.41, 5.74) is 5.77. The molecule has 0 saturated heterocycles. The Morgan fingerprint density at radius 1 is 0.973 bits per heavy atom. The first kappa shape index (κ1) is 28.2. The van der Waals surface area contributed by atoms with Crippen LogP contribution in [0.25, 0.3) is 11.3 Å². The number of nitrogens with one attached hydrogen (secondary N) is 1. The molecule has 0 aliphatic rings. The minimum absolute atomic E-state index is 0.136. The van der Waals surface area contributed by atoms with Gasteiger partial charge in [-0.1, -0.05) is 45.0 Å². The molecule has 0 aliphatic heterocycles. The maximum Gasteiger partial charge on any atom is 0.356 e. The van der Waals surface area contributed by atoms with Crippen LogP contribution in [0.2, 0.25) is 18.1 Å². The van der Waals surface area contributed by atoms with Crippen LogP contribution in [-0.4, -0.2) is 37.3 Å². The number of ether oxygens (including phenoxy) is 1. The number of amides is 1. The van der Waals surface area contributed by atoms with E-state index in [1.165, 1.54) is 7.11 Å². The fraction of sp³-hybridized carbons (Fsp3) is 0.379. The van der Waals surface area contributed by atoms with E-state index in [0.717, 1.165) is 16.7 Å². The number of hydrogen-bond acceptors (Lipinski definition) is 6. The molecule has 37 heavy (non-hydrogen) atoms. The Balaban J connectivity index is 1.85. The SMILES string of the molecule is COC(=O)c1cc(C)c(NC(=O)c2nc(-c3cccc(CO[Si](C)(C)C(C)(C)C)c3)ccc2C)c(C)n1. The van der Waals surface area contributed by atoms with E-state index in [2.05, 4.69) is 56.3 Å². The molecular weight excluding hydrogens is 482 g/mol. The first-order chi connectivity index (χ1) is 17.2. The van der Waals surface area contributed by atoms with E-state index in [4.69, 9.17) is 14.1 Å². The first-order valence-corrected chi connectivity index (χ1v) is 15.2. The monoisotopic (exact) mass is 519 g/mol. The van der Waals surface area contributed by atoms with Crippen molar-refractivity contribution in [2.24, 2.45) is 0 Å². The average molecular weight is 520 g/mol.